The van der Waals surface area contributed by atoms with E-state index in [-0.39, 0.29) is 35.6 Å². The number of fused-ring (bicyclic) bond motifs is 3. The molecule has 3 heteroatoms. The van der Waals surface area contributed by atoms with E-state index < -0.39 is 0 Å². The summed E-state index contributed by atoms with van der Waals surface area (Å²) in [5.41, 5.74) is 12.8. The van der Waals surface area contributed by atoms with E-state index in [1.54, 1.807) is 0 Å². The van der Waals surface area contributed by atoms with E-state index in [4.69, 9.17) is 0 Å². The number of hydrogen-bond acceptors (Lipinski definition) is 0. The number of rotatable bonds is 2. The van der Waals surface area contributed by atoms with Crippen LogP contribution in [0.15, 0.2) is 109 Å². The molecule has 4 aromatic rings. The van der Waals surface area contributed by atoms with Crippen molar-refractivity contribution < 1.29 is 23.9 Å². The standard InChI is InChI=1S/C21H25.C13H10.C6H7.2ClH.Hf/c1-20(2,3)16-7-9-18-14(12-16)11-15-13-17(21(4,5)6)8-10-19(15)18;1-3-7-12(8-4-1)11-13-9-5-2-6-10-13;1-6-4-2-3-5-6;;;/h7-10,12H,11H2,1-6H3;1-10H;4-5H,2H2,1H3;2*1H;/q-1;;-1;;;+2. The Hall–Kier alpha value is -2.32. The average molecular weight is 774 g/mol. The maximum absolute atomic E-state index is 3.67. The first-order valence-electron chi connectivity index (χ1n) is 14.6. The molecule has 2 aliphatic rings. The van der Waals surface area contributed by atoms with Gasteiger partial charge in [0, 0.05) is 0 Å². The summed E-state index contributed by atoms with van der Waals surface area (Å²) < 4.78 is 1.46. The minimum absolute atomic E-state index is 0. The Balaban J connectivity index is 0.000000253. The fourth-order valence-corrected chi connectivity index (χ4v) is 6.10. The van der Waals surface area contributed by atoms with E-state index in [1.165, 1.54) is 53.3 Å². The van der Waals surface area contributed by atoms with Gasteiger partial charge in [-0.1, -0.05) is 65.3 Å². The molecule has 2 aliphatic carbocycles. The van der Waals surface area contributed by atoms with Gasteiger partial charge in [0.1, 0.15) is 0 Å². The third kappa shape index (κ3) is 10.1. The van der Waals surface area contributed by atoms with Gasteiger partial charge in [-0.2, -0.15) is 29.8 Å². The summed E-state index contributed by atoms with van der Waals surface area (Å²) >= 11 is 1.08. The monoisotopic (exact) mass is 774 g/mol. The van der Waals surface area contributed by atoms with Crippen molar-refractivity contribution in [1.82, 2.24) is 0 Å². The van der Waals surface area contributed by atoms with Crippen molar-refractivity contribution in [2.45, 2.75) is 72.1 Å². The Morgan fingerprint density at radius 2 is 1.26 bits per heavy atom. The van der Waals surface area contributed by atoms with Gasteiger partial charge >= 0.3 is 98.9 Å². The Kier molecular flexibility index (Phi) is 13.8. The third-order valence-electron chi connectivity index (χ3n) is 7.46. The summed E-state index contributed by atoms with van der Waals surface area (Å²) in [5.74, 6) is 0. The zero-order valence-electron chi connectivity index (χ0n) is 26.5. The molecule has 0 amide bonds. The molecule has 222 valence electrons. The van der Waals surface area contributed by atoms with Crippen LogP contribution in [0.5, 0.6) is 0 Å². The fraction of sp³-hybridized carbons (Fsp3) is 0.275. The van der Waals surface area contributed by atoms with Crippen molar-refractivity contribution in [1.29, 1.82) is 0 Å². The summed E-state index contributed by atoms with van der Waals surface area (Å²) in [6.07, 6.45) is 9.27. The molecule has 0 saturated carbocycles. The summed E-state index contributed by atoms with van der Waals surface area (Å²) in [6, 6.07) is 36.4. The first-order chi connectivity index (χ1) is 19.4. The van der Waals surface area contributed by atoms with Crippen molar-refractivity contribution in [2.75, 3.05) is 0 Å². The molecular weight excluding hydrogens is 730 g/mol. The van der Waals surface area contributed by atoms with E-state index in [0.717, 1.165) is 36.7 Å². The van der Waals surface area contributed by atoms with Gasteiger partial charge in [-0.15, -0.1) is 49.3 Å². The quantitative estimate of drug-likeness (QED) is 0.124. The number of allylic oxidation sites excluding steroid dienone is 4. The van der Waals surface area contributed by atoms with Crippen LogP contribution in [0.4, 0.5) is 0 Å². The summed E-state index contributed by atoms with van der Waals surface area (Å²) in [4.78, 5) is 0. The van der Waals surface area contributed by atoms with Crippen LogP contribution in [-0.4, -0.2) is 3.26 Å². The molecule has 0 aromatic heterocycles. The molecule has 0 bridgehead atoms. The molecule has 0 radical (unpaired) electrons. The Labute approximate surface area is 287 Å². The second kappa shape index (κ2) is 16.1. The van der Waals surface area contributed by atoms with E-state index in [9.17, 15) is 0 Å². The van der Waals surface area contributed by atoms with Crippen LogP contribution in [0.25, 0.3) is 11.1 Å². The second-order valence-corrected chi connectivity index (χ2v) is 14.7. The van der Waals surface area contributed by atoms with Gasteiger partial charge in [-0.25, -0.2) is 11.6 Å². The summed E-state index contributed by atoms with van der Waals surface area (Å²) in [6.45, 7) is 15.7. The van der Waals surface area contributed by atoms with Crippen molar-refractivity contribution in [3.63, 3.8) is 0 Å². The number of halogens is 2. The van der Waals surface area contributed by atoms with Crippen molar-refractivity contribution in [2.24, 2.45) is 0 Å². The van der Waals surface area contributed by atoms with Gasteiger partial charge in [0.2, 0.25) is 0 Å². The first-order valence-corrected chi connectivity index (χ1v) is 16.4. The molecule has 4 aromatic carbocycles. The van der Waals surface area contributed by atoms with Gasteiger partial charge in [0.25, 0.3) is 0 Å². The van der Waals surface area contributed by atoms with Crippen molar-refractivity contribution in [3.05, 3.63) is 154 Å². The predicted octanol–water partition coefficient (Wildman–Crippen LogP) is 11.0. The molecule has 0 atom stereocenters. The topological polar surface area (TPSA) is 0 Å². The van der Waals surface area contributed by atoms with Gasteiger partial charge < -0.3 is 0 Å². The molecule has 0 nitrogen and oxygen atoms in total. The Bertz CT molecular complexity index is 1440. The van der Waals surface area contributed by atoms with Crippen LogP contribution < -0.4 is 0 Å². The van der Waals surface area contributed by atoms with Gasteiger partial charge in [0.15, 0.2) is 0 Å². The van der Waals surface area contributed by atoms with Crippen molar-refractivity contribution in [3.8, 4) is 11.1 Å². The Morgan fingerprint density at radius 3 is 1.70 bits per heavy atom. The zero-order valence-corrected chi connectivity index (χ0v) is 31.8. The van der Waals surface area contributed by atoms with Crippen LogP contribution >= 0.6 is 24.8 Å². The van der Waals surface area contributed by atoms with Gasteiger partial charge in [0.05, 0.1) is 0 Å². The van der Waals surface area contributed by atoms with E-state index in [0.29, 0.717) is 0 Å². The van der Waals surface area contributed by atoms with Crippen LogP contribution in [0.1, 0.15) is 88.3 Å². The molecular formula is C40H44Cl2Hf. The molecule has 0 aliphatic heterocycles. The van der Waals surface area contributed by atoms with Gasteiger partial charge in [-0.05, 0) is 28.4 Å². The maximum atomic E-state index is 3.67. The third-order valence-corrected chi connectivity index (χ3v) is 9.53. The number of hydrogen-bond donors (Lipinski definition) is 0. The zero-order chi connectivity index (χ0) is 29.6. The second-order valence-electron chi connectivity index (χ2n) is 12.9. The Morgan fingerprint density at radius 1 is 0.698 bits per heavy atom. The molecule has 6 rings (SSSR count). The van der Waals surface area contributed by atoms with E-state index >= 15 is 0 Å². The van der Waals surface area contributed by atoms with Crippen LogP contribution in [-0.2, 0) is 41.1 Å². The predicted molar refractivity (Wildman–Crippen MR) is 188 cm³/mol. The fourth-order valence-electron chi connectivity index (χ4n) is 4.90. The molecule has 0 fully saturated rings. The van der Waals surface area contributed by atoms with E-state index in [1.807, 2.05) is 6.08 Å². The molecule has 0 N–H and O–H groups in total. The normalized spacial score (nSPS) is 12.6. The SMILES string of the molecule is CC(C)(C)c1[c-]c2c(cc1)-c1ccc(C(C)(C)C)cc1C2.CC1=CC[C-]=C1.Cl.Cl.[Hf+2]=[C](c1ccccc1)c1ccccc1. The molecule has 43 heavy (non-hydrogen) atoms. The molecule has 0 unspecified atom stereocenters. The summed E-state index contributed by atoms with van der Waals surface area (Å²) in [7, 11) is 0. The number of benzene rings is 4. The van der Waals surface area contributed by atoms with Crippen LogP contribution in [0.3, 0.4) is 0 Å². The first kappa shape index (κ1) is 36.9. The average Bonchev–Trinajstić information content (AvgIpc) is 3.59. The van der Waals surface area contributed by atoms with Crippen LogP contribution in [0, 0.1) is 12.1 Å². The minimum atomic E-state index is 0. The molecule has 0 heterocycles. The van der Waals surface area contributed by atoms with Gasteiger partial charge in [-0.3, -0.25) is 6.08 Å². The van der Waals surface area contributed by atoms with Crippen LogP contribution in [0.2, 0.25) is 0 Å². The van der Waals surface area contributed by atoms with Crippen molar-refractivity contribution >= 4 is 28.1 Å². The molecule has 0 spiro atoms. The molecule has 0 saturated heterocycles. The van der Waals surface area contributed by atoms with E-state index in [2.05, 4.69) is 158 Å². The summed E-state index contributed by atoms with van der Waals surface area (Å²) in [5, 5.41) is 0.